The van der Waals surface area contributed by atoms with Crippen LogP contribution in [0.4, 0.5) is 5.69 Å². The number of hydrogen-bond donors (Lipinski definition) is 0. The van der Waals surface area contributed by atoms with Gasteiger partial charge in [-0.25, -0.2) is 0 Å². The first-order chi connectivity index (χ1) is 31.5. The molecule has 0 amide bonds. The van der Waals surface area contributed by atoms with E-state index in [1.807, 2.05) is 0 Å². The number of aromatic nitrogens is 2. The standard InChI is InChI=1S/C63H64BN3/c1-59(2,3)37-24-27-42(28-25-37)67-58-44-22-18-19-23-48(44)63(13,14)54(58)47-34-40(62(10,11)12)36-52-55(47)64(67)49-35-39(61(7,8)9)33-46-53-51(66(52)56(46)49)31-29-43-45-32-38(60(4,5)6)26-30-50(45)65(57(43)53)41-20-16-15-17-21-41/h15-36H,1-14H3. The van der Waals surface area contributed by atoms with Crippen LogP contribution in [0.5, 0.6) is 0 Å². The minimum Gasteiger partial charge on any atom is -0.376 e. The highest BCUT2D eigenvalue weighted by Gasteiger charge is 2.52. The molecule has 67 heavy (non-hydrogen) atoms. The van der Waals surface area contributed by atoms with E-state index in [9.17, 15) is 0 Å². The van der Waals surface area contributed by atoms with Crippen molar-refractivity contribution in [3.8, 4) is 11.4 Å². The van der Waals surface area contributed by atoms with Crippen molar-refractivity contribution in [2.24, 2.45) is 0 Å². The molecule has 9 aromatic rings. The van der Waals surface area contributed by atoms with Crippen LogP contribution in [-0.2, 0) is 27.1 Å². The monoisotopic (exact) mass is 874 g/mol. The maximum absolute atomic E-state index is 2.77. The van der Waals surface area contributed by atoms with Gasteiger partial charge in [0.25, 0.3) is 0 Å². The summed E-state index contributed by atoms with van der Waals surface area (Å²) in [6.07, 6.45) is 0. The molecule has 0 saturated carbocycles. The van der Waals surface area contributed by atoms with Gasteiger partial charge >= 0.3 is 6.85 Å². The number of allylic oxidation sites excluding steroid dienone is 1. The molecule has 0 fully saturated rings. The molecule has 3 nitrogen and oxygen atoms in total. The van der Waals surface area contributed by atoms with Crippen molar-refractivity contribution < 1.29 is 0 Å². The summed E-state index contributed by atoms with van der Waals surface area (Å²) < 4.78 is 5.27. The zero-order valence-corrected chi connectivity index (χ0v) is 42.1. The normalized spacial score (nSPS) is 15.6. The second-order valence-corrected chi connectivity index (χ2v) is 24.7. The number of fused-ring (bicyclic) bond motifs is 12. The molecule has 0 unspecified atom stereocenters. The Morgan fingerprint density at radius 3 is 1.72 bits per heavy atom. The lowest BCUT2D eigenvalue weighted by molar-refractivity contribution is 0.589. The molecule has 7 aromatic carbocycles. The summed E-state index contributed by atoms with van der Waals surface area (Å²) in [5.41, 5.74) is 23.5. The SMILES string of the molecule is CC(C)(C)c1ccc(N2B3c4c(cc(C(C)(C)C)cc4-n4c5ccc6c7cc(C(C)(C)C)ccc7n(-c7ccccc7)c6c5c5cc(C(C)(C)C)cc3c54)C3=C2c2ccccc2C3(C)C)cc1. The molecule has 0 radical (unpaired) electrons. The Hall–Kier alpha value is -6.26. The van der Waals surface area contributed by atoms with Crippen LogP contribution in [0.1, 0.15) is 136 Å². The minimum atomic E-state index is -0.235. The lowest BCUT2D eigenvalue weighted by Crippen LogP contribution is -2.62. The summed E-state index contributed by atoms with van der Waals surface area (Å²) in [5.74, 6) is 0. The molecule has 334 valence electrons. The van der Waals surface area contributed by atoms with E-state index in [1.165, 1.54) is 122 Å². The first kappa shape index (κ1) is 42.1. The van der Waals surface area contributed by atoms with Crippen molar-refractivity contribution in [3.63, 3.8) is 0 Å². The smallest absolute Gasteiger partial charge is 0.333 e. The number of nitrogens with zero attached hydrogens (tertiary/aromatic N) is 3. The summed E-state index contributed by atoms with van der Waals surface area (Å²) >= 11 is 0. The van der Waals surface area contributed by atoms with E-state index in [4.69, 9.17) is 0 Å². The molecular formula is C63H64BN3. The molecule has 3 aliphatic rings. The third kappa shape index (κ3) is 5.84. The van der Waals surface area contributed by atoms with Gasteiger partial charge in [0.2, 0.25) is 0 Å². The van der Waals surface area contributed by atoms with Crippen molar-refractivity contribution >= 4 is 78.3 Å². The van der Waals surface area contributed by atoms with E-state index in [2.05, 4.69) is 244 Å². The highest BCUT2D eigenvalue weighted by Crippen LogP contribution is 2.56. The average molecular weight is 874 g/mol. The van der Waals surface area contributed by atoms with E-state index in [0.717, 1.165) is 0 Å². The van der Waals surface area contributed by atoms with Crippen LogP contribution >= 0.6 is 0 Å². The highest BCUT2D eigenvalue weighted by atomic mass is 15.1. The Kier molecular flexibility index (Phi) is 8.47. The molecule has 4 heteroatoms. The minimum absolute atomic E-state index is 0.0144. The van der Waals surface area contributed by atoms with Gasteiger partial charge in [0, 0.05) is 55.3 Å². The third-order valence-corrected chi connectivity index (χ3v) is 15.9. The molecule has 0 bridgehead atoms. The fraction of sp³-hybridized carbons (Fsp3) is 0.302. The second-order valence-electron chi connectivity index (χ2n) is 24.7. The van der Waals surface area contributed by atoms with Gasteiger partial charge < -0.3 is 13.9 Å². The number of hydrogen-bond acceptors (Lipinski definition) is 1. The molecule has 0 saturated heterocycles. The lowest BCUT2D eigenvalue weighted by Gasteiger charge is -2.44. The van der Waals surface area contributed by atoms with Gasteiger partial charge in [-0.05, 0) is 126 Å². The van der Waals surface area contributed by atoms with Gasteiger partial charge in [0.1, 0.15) is 0 Å². The van der Waals surface area contributed by atoms with Gasteiger partial charge in [0.05, 0.1) is 22.1 Å². The molecule has 2 aliphatic heterocycles. The zero-order chi connectivity index (χ0) is 47.1. The van der Waals surface area contributed by atoms with E-state index in [0.29, 0.717) is 0 Å². The number of rotatable bonds is 2. The fourth-order valence-corrected chi connectivity index (χ4v) is 12.2. The Bertz CT molecular complexity index is 3620. The number of para-hydroxylation sites is 1. The summed E-state index contributed by atoms with van der Waals surface area (Å²) in [4.78, 5) is 2.77. The predicted octanol–water partition coefficient (Wildman–Crippen LogP) is 15.2. The molecule has 0 N–H and O–H groups in total. The Morgan fingerprint density at radius 2 is 1.04 bits per heavy atom. The first-order valence-corrected chi connectivity index (χ1v) is 24.6. The van der Waals surface area contributed by atoms with Crippen molar-refractivity contribution in [1.29, 1.82) is 0 Å². The zero-order valence-electron chi connectivity index (χ0n) is 42.1. The van der Waals surface area contributed by atoms with E-state index in [1.54, 1.807) is 0 Å². The third-order valence-electron chi connectivity index (χ3n) is 15.9. The molecule has 1 aliphatic carbocycles. The van der Waals surface area contributed by atoms with Crippen molar-refractivity contribution in [2.45, 2.75) is 124 Å². The largest absolute Gasteiger partial charge is 0.376 e. The fourth-order valence-electron chi connectivity index (χ4n) is 12.2. The van der Waals surface area contributed by atoms with E-state index in [-0.39, 0.29) is 33.9 Å². The molecule has 0 spiro atoms. The van der Waals surface area contributed by atoms with Gasteiger partial charge in [-0.1, -0.05) is 176 Å². The van der Waals surface area contributed by atoms with Gasteiger partial charge in [0.15, 0.2) is 0 Å². The van der Waals surface area contributed by atoms with Gasteiger partial charge in [-0.3, -0.25) is 0 Å². The Balaban J connectivity index is 1.30. The quantitative estimate of drug-likeness (QED) is 0.158. The maximum atomic E-state index is 2.77. The van der Waals surface area contributed by atoms with Crippen LogP contribution in [0.3, 0.4) is 0 Å². The Labute approximate surface area is 398 Å². The average Bonchev–Trinajstić information content (AvgIpc) is 3.87. The topological polar surface area (TPSA) is 13.1 Å². The van der Waals surface area contributed by atoms with Crippen LogP contribution < -0.4 is 15.7 Å². The van der Waals surface area contributed by atoms with Gasteiger partial charge in [-0.2, -0.15) is 0 Å². The van der Waals surface area contributed by atoms with E-state index >= 15 is 0 Å². The van der Waals surface area contributed by atoms with Crippen LogP contribution in [-0.4, -0.2) is 16.0 Å². The summed E-state index contributed by atoms with van der Waals surface area (Å²) in [5, 5.41) is 5.24. The van der Waals surface area contributed by atoms with Crippen LogP contribution in [0.25, 0.3) is 66.3 Å². The summed E-state index contributed by atoms with van der Waals surface area (Å²) in [6.45, 7) is 33.1. The molecule has 12 rings (SSSR count). The van der Waals surface area contributed by atoms with Crippen molar-refractivity contribution in [3.05, 3.63) is 172 Å². The summed E-state index contributed by atoms with van der Waals surface area (Å²) in [6, 6.07) is 52.3. The molecule has 2 aromatic heterocycles. The maximum Gasteiger partial charge on any atom is 0.333 e. The van der Waals surface area contributed by atoms with Crippen molar-refractivity contribution in [1.82, 2.24) is 9.13 Å². The van der Waals surface area contributed by atoms with Crippen molar-refractivity contribution in [2.75, 3.05) is 4.81 Å². The lowest BCUT2D eigenvalue weighted by atomic mass is 9.43. The second kappa shape index (κ2) is 13.5. The molecular weight excluding hydrogens is 810 g/mol. The van der Waals surface area contributed by atoms with Gasteiger partial charge in [-0.15, -0.1) is 0 Å². The van der Waals surface area contributed by atoms with Crippen LogP contribution in [0, 0.1) is 0 Å². The van der Waals surface area contributed by atoms with Crippen LogP contribution in [0.15, 0.2) is 133 Å². The first-order valence-electron chi connectivity index (χ1n) is 24.6. The number of benzene rings is 7. The highest BCUT2D eigenvalue weighted by molar-refractivity contribution is 6.94. The van der Waals surface area contributed by atoms with E-state index < -0.39 is 0 Å². The molecule has 0 atom stereocenters. The number of anilines is 1. The molecule has 4 heterocycles. The summed E-state index contributed by atoms with van der Waals surface area (Å²) in [7, 11) is 0. The Morgan fingerprint density at radius 1 is 0.448 bits per heavy atom. The predicted molar refractivity (Wildman–Crippen MR) is 290 cm³/mol. The van der Waals surface area contributed by atoms with Crippen LogP contribution in [0.2, 0.25) is 0 Å².